The summed E-state index contributed by atoms with van der Waals surface area (Å²) in [6.45, 7) is 4.09. The lowest BCUT2D eigenvalue weighted by molar-refractivity contribution is 0.0965. The number of hydrogen-bond acceptors (Lipinski definition) is 5. The number of nitrogens with zero attached hydrogens (tertiary/aromatic N) is 3. The van der Waals surface area contributed by atoms with Gasteiger partial charge in [0, 0.05) is 32.0 Å². The van der Waals surface area contributed by atoms with Gasteiger partial charge in [-0.05, 0) is 18.6 Å². The number of aromatic nitrogens is 2. The van der Waals surface area contributed by atoms with Gasteiger partial charge in [0.15, 0.2) is 0 Å². The summed E-state index contributed by atoms with van der Waals surface area (Å²) in [6.07, 6.45) is 4.39. The van der Waals surface area contributed by atoms with E-state index in [4.69, 9.17) is 4.74 Å². The van der Waals surface area contributed by atoms with Crippen LogP contribution in [0.4, 0.5) is 10.2 Å². The lowest BCUT2D eigenvalue weighted by Crippen LogP contribution is -2.39. The van der Waals surface area contributed by atoms with Gasteiger partial charge in [0.25, 0.3) is 5.91 Å². The first-order valence-corrected chi connectivity index (χ1v) is 8.41. The second kappa shape index (κ2) is 6.31. The van der Waals surface area contributed by atoms with Crippen LogP contribution in [0.15, 0.2) is 24.5 Å². The van der Waals surface area contributed by atoms with Crippen molar-refractivity contribution >= 4 is 11.7 Å². The Balaban J connectivity index is 1.43. The average molecular weight is 342 g/mol. The topological polar surface area (TPSA) is 67.3 Å². The Bertz CT molecular complexity index is 819. The molecule has 1 N–H and O–H groups in total. The van der Waals surface area contributed by atoms with E-state index in [1.807, 2.05) is 13.0 Å². The number of aryl methyl sites for hydroxylation is 1. The van der Waals surface area contributed by atoms with Crippen molar-refractivity contribution in [3.63, 3.8) is 0 Å². The molecule has 0 bridgehead atoms. The van der Waals surface area contributed by atoms with Crippen LogP contribution in [0.2, 0.25) is 0 Å². The number of piperidine rings is 1. The van der Waals surface area contributed by atoms with E-state index in [9.17, 15) is 9.18 Å². The summed E-state index contributed by atoms with van der Waals surface area (Å²) in [7, 11) is 0. The molecule has 0 unspecified atom stereocenters. The van der Waals surface area contributed by atoms with Gasteiger partial charge in [-0.2, -0.15) is 0 Å². The first kappa shape index (κ1) is 15.8. The van der Waals surface area contributed by atoms with Crippen LogP contribution in [-0.2, 0) is 6.54 Å². The summed E-state index contributed by atoms with van der Waals surface area (Å²) in [5, 5.41) is 2.80. The van der Waals surface area contributed by atoms with Crippen LogP contribution in [0.25, 0.3) is 0 Å². The Labute approximate surface area is 145 Å². The molecule has 2 aromatic heterocycles. The summed E-state index contributed by atoms with van der Waals surface area (Å²) in [6, 6.07) is 3.27. The maximum absolute atomic E-state index is 13.2. The Morgan fingerprint density at radius 3 is 2.84 bits per heavy atom. The lowest BCUT2D eigenvalue weighted by Gasteiger charge is -2.33. The molecular weight excluding hydrogens is 323 g/mol. The van der Waals surface area contributed by atoms with E-state index < -0.39 is 5.82 Å². The first-order valence-electron chi connectivity index (χ1n) is 8.41. The van der Waals surface area contributed by atoms with Gasteiger partial charge >= 0.3 is 0 Å². The van der Waals surface area contributed by atoms with Crippen molar-refractivity contribution in [3.05, 3.63) is 47.2 Å². The molecule has 0 aromatic carbocycles. The number of halogens is 1. The number of rotatable bonds is 3. The van der Waals surface area contributed by atoms with Gasteiger partial charge in [-0.3, -0.25) is 9.78 Å². The largest absolute Gasteiger partial charge is 0.489 e. The van der Waals surface area contributed by atoms with Gasteiger partial charge in [-0.25, -0.2) is 9.37 Å². The predicted molar refractivity (Wildman–Crippen MR) is 90.2 cm³/mol. The van der Waals surface area contributed by atoms with Gasteiger partial charge < -0.3 is 15.0 Å². The summed E-state index contributed by atoms with van der Waals surface area (Å²) in [5.74, 6) is 0.958. The summed E-state index contributed by atoms with van der Waals surface area (Å²) >= 11 is 0. The highest BCUT2D eigenvalue weighted by Gasteiger charge is 2.26. The van der Waals surface area contributed by atoms with Crippen molar-refractivity contribution in [3.8, 4) is 5.75 Å². The number of carbonyl (C=O) groups is 1. The summed E-state index contributed by atoms with van der Waals surface area (Å²) in [5.41, 5.74) is 2.50. The van der Waals surface area contributed by atoms with Crippen LogP contribution in [0, 0.1) is 12.7 Å². The minimum atomic E-state index is -0.393. The van der Waals surface area contributed by atoms with Gasteiger partial charge in [-0.15, -0.1) is 0 Å². The number of fused-ring (bicyclic) bond motifs is 1. The molecule has 2 aliphatic heterocycles. The average Bonchev–Trinajstić information content (AvgIpc) is 2.95. The molecule has 25 heavy (non-hydrogen) atoms. The number of hydrogen-bond donors (Lipinski definition) is 1. The van der Waals surface area contributed by atoms with Crippen LogP contribution >= 0.6 is 0 Å². The molecule has 1 fully saturated rings. The van der Waals surface area contributed by atoms with E-state index in [2.05, 4.69) is 20.2 Å². The van der Waals surface area contributed by atoms with Crippen LogP contribution in [0.3, 0.4) is 0 Å². The Kier molecular flexibility index (Phi) is 3.99. The zero-order valence-electron chi connectivity index (χ0n) is 14.0. The Morgan fingerprint density at radius 2 is 2.08 bits per heavy atom. The predicted octanol–water partition coefficient (Wildman–Crippen LogP) is 2.22. The third-order valence-corrected chi connectivity index (χ3v) is 4.65. The molecule has 0 aliphatic carbocycles. The molecule has 6 nitrogen and oxygen atoms in total. The minimum Gasteiger partial charge on any atom is -0.489 e. The molecule has 0 saturated carbocycles. The standard InChI is InChI=1S/C18H19FN4O2/c1-11-6-15-16(10-21-18(15)24)22-17(11)23-4-2-13(3-5-23)25-14-7-12(19)8-20-9-14/h6-9,13H,2-5,10H2,1H3,(H,21,24). The van der Waals surface area contributed by atoms with Crippen LogP contribution in [-0.4, -0.2) is 35.1 Å². The minimum absolute atomic E-state index is 0.0397. The second-order valence-electron chi connectivity index (χ2n) is 6.45. The van der Waals surface area contributed by atoms with Gasteiger partial charge in [-0.1, -0.05) is 0 Å². The van der Waals surface area contributed by atoms with Gasteiger partial charge in [0.1, 0.15) is 23.5 Å². The molecule has 0 radical (unpaired) electrons. The van der Waals surface area contributed by atoms with E-state index in [0.29, 0.717) is 17.9 Å². The van der Waals surface area contributed by atoms with E-state index in [-0.39, 0.29) is 12.0 Å². The van der Waals surface area contributed by atoms with E-state index >= 15 is 0 Å². The number of anilines is 1. The molecule has 0 spiro atoms. The molecule has 0 atom stereocenters. The SMILES string of the molecule is Cc1cc2c(nc1N1CCC(Oc3cncc(F)c3)CC1)CNC2=O. The molecule has 4 rings (SSSR count). The number of amides is 1. The second-order valence-corrected chi connectivity index (χ2v) is 6.45. The van der Waals surface area contributed by atoms with E-state index in [1.165, 1.54) is 12.3 Å². The smallest absolute Gasteiger partial charge is 0.253 e. The first-order chi connectivity index (χ1) is 12.1. The fraction of sp³-hybridized carbons (Fsp3) is 0.389. The van der Waals surface area contributed by atoms with Crippen LogP contribution < -0.4 is 15.0 Å². The Morgan fingerprint density at radius 1 is 1.28 bits per heavy atom. The highest BCUT2D eigenvalue weighted by molar-refractivity contribution is 5.98. The van der Waals surface area contributed by atoms with Crippen molar-refractivity contribution in [2.24, 2.45) is 0 Å². The molecule has 1 amide bonds. The highest BCUT2D eigenvalue weighted by Crippen LogP contribution is 2.27. The number of ether oxygens (including phenoxy) is 1. The Hall–Kier alpha value is -2.70. The zero-order chi connectivity index (χ0) is 17.4. The van der Waals surface area contributed by atoms with Gasteiger partial charge in [0.05, 0.1) is 30.2 Å². The van der Waals surface area contributed by atoms with Crippen molar-refractivity contribution in [1.29, 1.82) is 0 Å². The summed E-state index contributed by atoms with van der Waals surface area (Å²) in [4.78, 5) is 22.5. The fourth-order valence-corrected chi connectivity index (χ4v) is 3.39. The molecule has 1 saturated heterocycles. The van der Waals surface area contributed by atoms with Crippen LogP contribution in [0.1, 0.15) is 34.5 Å². The zero-order valence-corrected chi connectivity index (χ0v) is 14.0. The lowest BCUT2D eigenvalue weighted by atomic mass is 10.1. The van der Waals surface area contributed by atoms with Gasteiger partial charge in [0.2, 0.25) is 0 Å². The van der Waals surface area contributed by atoms with E-state index in [1.54, 1.807) is 0 Å². The molecule has 7 heteroatoms. The number of carbonyl (C=O) groups excluding carboxylic acids is 1. The van der Waals surface area contributed by atoms with Crippen molar-refractivity contribution in [1.82, 2.24) is 15.3 Å². The van der Waals surface area contributed by atoms with E-state index in [0.717, 1.165) is 49.2 Å². The maximum atomic E-state index is 13.2. The van der Waals surface area contributed by atoms with Crippen molar-refractivity contribution < 1.29 is 13.9 Å². The highest BCUT2D eigenvalue weighted by atomic mass is 19.1. The quantitative estimate of drug-likeness (QED) is 0.926. The van der Waals surface area contributed by atoms with Crippen molar-refractivity contribution in [2.45, 2.75) is 32.4 Å². The third kappa shape index (κ3) is 3.14. The third-order valence-electron chi connectivity index (χ3n) is 4.65. The maximum Gasteiger partial charge on any atom is 0.253 e. The normalized spacial score (nSPS) is 17.4. The molecule has 130 valence electrons. The molecule has 2 aromatic rings. The monoisotopic (exact) mass is 342 g/mol. The fourth-order valence-electron chi connectivity index (χ4n) is 3.39. The van der Waals surface area contributed by atoms with Crippen molar-refractivity contribution in [2.75, 3.05) is 18.0 Å². The number of nitrogens with one attached hydrogen (secondary N) is 1. The van der Waals surface area contributed by atoms with Crippen LogP contribution in [0.5, 0.6) is 5.75 Å². The number of pyridine rings is 2. The summed E-state index contributed by atoms with van der Waals surface area (Å²) < 4.78 is 19.0. The molecular formula is C18H19FN4O2. The molecule has 4 heterocycles. The molecule has 2 aliphatic rings.